The van der Waals surface area contributed by atoms with E-state index in [1.165, 1.54) is 6.08 Å². The lowest BCUT2D eigenvalue weighted by Gasteiger charge is -2.36. The number of rotatable bonds is 7. The van der Waals surface area contributed by atoms with Gasteiger partial charge in [-0.2, -0.15) is 0 Å². The lowest BCUT2D eigenvalue weighted by Crippen LogP contribution is -2.48. The number of carbonyl (C=O) groups excluding carboxylic acids is 2. The fraction of sp³-hybridized carbons (Fsp3) is 0.474. The van der Waals surface area contributed by atoms with Gasteiger partial charge in [0.1, 0.15) is 0 Å². The van der Waals surface area contributed by atoms with Crippen LogP contribution in [0.3, 0.4) is 0 Å². The first-order valence-corrected chi connectivity index (χ1v) is 8.53. The minimum Gasteiger partial charge on any atom is -0.369 e. The molecule has 0 saturated carbocycles. The Hall–Kier alpha value is -2.14. The van der Waals surface area contributed by atoms with Gasteiger partial charge in [-0.15, -0.1) is 0 Å². The third-order valence-electron chi connectivity index (χ3n) is 4.33. The van der Waals surface area contributed by atoms with E-state index in [9.17, 15) is 9.59 Å². The maximum Gasteiger partial charge on any atom is 0.243 e. The van der Waals surface area contributed by atoms with Gasteiger partial charge in [0, 0.05) is 56.4 Å². The fourth-order valence-electron chi connectivity index (χ4n) is 2.81. The zero-order valence-corrected chi connectivity index (χ0v) is 14.6. The Kier molecular flexibility index (Phi) is 6.55. The summed E-state index contributed by atoms with van der Waals surface area (Å²) < 4.78 is 0. The van der Waals surface area contributed by atoms with Crippen molar-refractivity contribution in [3.05, 3.63) is 42.5 Å². The standard InChI is InChI=1S/C19H27N3O2/c1-4-18(23)20-9-10-21-11-13-22(14-12-21)17-7-5-16(6-8-17)19(24)15(2)3/h4-8,15H,1,9-14H2,2-3H3,(H,20,23). The second-order valence-electron chi connectivity index (χ2n) is 6.39. The molecule has 0 aliphatic carbocycles. The number of anilines is 1. The zero-order valence-electron chi connectivity index (χ0n) is 14.6. The maximum absolute atomic E-state index is 12.0. The van der Waals surface area contributed by atoms with Gasteiger partial charge in [0.05, 0.1) is 0 Å². The van der Waals surface area contributed by atoms with Gasteiger partial charge >= 0.3 is 0 Å². The molecule has 24 heavy (non-hydrogen) atoms. The molecular formula is C19H27N3O2. The van der Waals surface area contributed by atoms with E-state index < -0.39 is 0 Å². The number of benzene rings is 1. The van der Waals surface area contributed by atoms with Crippen LogP contribution >= 0.6 is 0 Å². The highest BCUT2D eigenvalue weighted by molar-refractivity contribution is 5.97. The molecule has 1 N–H and O–H groups in total. The van der Waals surface area contributed by atoms with Crippen molar-refractivity contribution in [2.24, 2.45) is 5.92 Å². The van der Waals surface area contributed by atoms with Crippen LogP contribution in [0.1, 0.15) is 24.2 Å². The van der Waals surface area contributed by atoms with Crippen LogP contribution in [0.4, 0.5) is 5.69 Å². The van der Waals surface area contributed by atoms with Crippen molar-refractivity contribution in [2.45, 2.75) is 13.8 Å². The Labute approximate surface area is 144 Å². The predicted molar refractivity (Wildman–Crippen MR) is 97.5 cm³/mol. The highest BCUT2D eigenvalue weighted by atomic mass is 16.1. The highest BCUT2D eigenvalue weighted by Gasteiger charge is 2.17. The smallest absolute Gasteiger partial charge is 0.243 e. The molecule has 1 aliphatic heterocycles. The number of hydrogen-bond donors (Lipinski definition) is 1. The van der Waals surface area contributed by atoms with Crippen molar-refractivity contribution in [3.8, 4) is 0 Å². The van der Waals surface area contributed by atoms with E-state index in [4.69, 9.17) is 0 Å². The van der Waals surface area contributed by atoms with E-state index in [2.05, 4.69) is 21.7 Å². The maximum atomic E-state index is 12.0. The average molecular weight is 329 g/mol. The zero-order chi connectivity index (χ0) is 17.5. The molecule has 0 unspecified atom stereocenters. The molecule has 0 atom stereocenters. The molecule has 0 spiro atoms. The van der Waals surface area contributed by atoms with Crippen molar-refractivity contribution in [2.75, 3.05) is 44.2 Å². The monoisotopic (exact) mass is 329 g/mol. The van der Waals surface area contributed by atoms with E-state index in [0.29, 0.717) is 6.54 Å². The largest absolute Gasteiger partial charge is 0.369 e. The highest BCUT2D eigenvalue weighted by Crippen LogP contribution is 2.18. The van der Waals surface area contributed by atoms with Crippen LogP contribution in [0.5, 0.6) is 0 Å². The third kappa shape index (κ3) is 4.93. The van der Waals surface area contributed by atoms with Crippen molar-refractivity contribution in [1.82, 2.24) is 10.2 Å². The lowest BCUT2D eigenvalue weighted by atomic mass is 10.0. The molecule has 0 bridgehead atoms. The summed E-state index contributed by atoms with van der Waals surface area (Å²) in [5.41, 5.74) is 1.94. The Balaban J connectivity index is 1.80. The Morgan fingerprint density at radius 3 is 2.33 bits per heavy atom. The number of nitrogens with one attached hydrogen (secondary N) is 1. The summed E-state index contributed by atoms with van der Waals surface area (Å²) in [5.74, 6) is 0.0959. The number of amides is 1. The van der Waals surface area contributed by atoms with E-state index in [-0.39, 0.29) is 17.6 Å². The molecule has 0 aromatic heterocycles. The third-order valence-corrected chi connectivity index (χ3v) is 4.33. The number of Topliss-reactive ketones (excluding diaryl/α,β-unsaturated/α-hetero) is 1. The first-order valence-electron chi connectivity index (χ1n) is 8.53. The van der Waals surface area contributed by atoms with E-state index in [1.807, 2.05) is 38.1 Å². The van der Waals surface area contributed by atoms with Gasteiger partial charge in [0.2, 0.25) is 5.91 Å². The quantitative estimate of drug-likeness (QED) is 0.614. The van der Waals surface area contributed by atoms with Crippen LogP contribution in [0.25, 0.3) is 0 Å². The summed E-state index contributed by atoms with van der Waals surface area (Å²) in [6, 6.07) is 7.93. The van der Waals surface area contributed by atoms with E-state index in [0.717, 1.165) is 44.0 Å². The van der Waals surface area contributed by atoms with Gasteiger partial charge in [-0.25, -0.2) is 0 Å². The molecule has 1 heterocycles. The van der Waals surface area contributed by atoms with E-state index in [1.54, 1.807) is 0 Å². The molecule has 2 rings (SSSR count). The summed E-state index contributed by atoms with van der Waals surface area (Å²) in [5, 5.41) is 2.80. The number of piperazine rings is 1. The first kappa shape index (κ1) is 18.2. The lowest BCUT2D eigenvalue weighted by molar-refractivity contribution is -0.116. The van der Waals surface area contributed by atoms with Gasteiger partial charge < -0.3 is 10.2 Å². The molecule has 1 aliphatic rings. The molecule has 5 heteroatoms. The van der Waals surface area contributed by atoms with Crippen LogP contribution in [0.2, 0.25) is 0 Å². The van der Waals surface area contributed by atoms with Crippen LogP contribution < -0.4 is 10.2 Å². The van der Waals surface area contributed by atoms with Gasteiger partial charge in [-0.3, -0.25) is 14.5 Å². The SMILES string of the molecule is C=CC(=O)NCCN1CCN(c2ccc(C(=O)C(C)C)cc2)CC1. The van der Waals surface area contributed by atoms with Gasteiger partial charge in [0.25, 0.3) is 0 Å². The van der Waals surface area contributed by atoms with E-state index >= 15 is 0 Å². The topological polar surface area (TPSA) is 52.7 Å². The fourth-order valence-corrected chi connectivity index (χ4v) is 2.81. The predicted octanol–water partition coefficient (Wildman–Crippen LogP) is 1.95. The number of carbonyl (C=O) groups is 2. The summed E-state index contributed by atoms with van der Waals surface area (Å²) in [7, 11) is 0. The second kappa shape index (κ2) is 8.64. The van der Waals surface area contributed by atoms with Crippen LogP contribution in [0, 0.1) is 5.92 Å². The second-order valence-corrected chi connectivity index (χ2v) is 6.39. The van der Waals surface area contributed by atoms with Crippen molar-refractivity contribution >= 4 is 17.4 Å². The molecule has 1 aromatic carbocycles. The Morgan fingerprint density at radius 2 is 1.79 bits per heavy atom. The minimum absolute atomic E-state index is 0.0287. The molecule has 1 aromatic rings. The molecule has 1 amide bonds. The average Bonchev–Trinajstić information content (AvgIpc) is 2.61. The van der Waals surface area contributed by atoms with Gasteiger partial charge in [-0.1, -0.05) is 20.4 Å². The molecule has 130 valence electrons. The summed E-state index contributed by atoms with van der Waals surface area (Å²) >= 11 is 0. The molecular weight excluding hydrogens is 302 g/mol. The molecule has 5 nitrogen and oxygen atoms in total. The van der Waals surface area contributed by atoms with Gasteiger partial charge in [0.15, 0.2) is 5.78 Å². The van der Waals surface area contributed by atoms with Gasteiger partial charge in [-0.05, 0) is 30.3 Å². The molecule has 0 radical (unpaired) electrons. The van der Waals surface area contributed by atoms with Crippen LogP contribution in [0.15, 0.2) is 36.9 Å². The molecule has 1 saturated heterocycles. The van der Waals surface area contributed by atoms with Crippen molar-refractivity contribution in [3.63, 3.8) is 0 Å². The van der Waals surface area contributed by atoms with Crippen molar-refractivity contribution in [1.29, 1.82) is 0 Å². The van der Waals surface area contributed by atoms with Crippen LogP contribution in [-0.4, -0.2) is 55.9 Å². The van der Waals surface area contributed by atoms with Crippen LogP contribution in [-0.2, 0) is 4.79 Å². The Morgan fingerprint density at radius 1 is 1.17 bits per heavy atom. The van der Waals surface area contributed by atoms with Crippen molar-refractivity contribution < 1.29 is 9.59 Å². The normalized spacial score (nSPS) is 15.4. The summed E-state index contributed by atoms with van der Waals surface area (Å²) in [6.07, 6.45) is 1.30. The Bertz CT molecular complexity index is 573. The molecule has 1 fully saturated rings. The minimum atomic E-state index is -0.121. The summed E-state index contributed by atoms with van der Waals surface area (Å²) in [6.45, 7) is 12.6. The summed E-state index contributed by atoms with van der Waals surface area (Å²) in [4.78, 5) is 27.8. The first-order chi connectivity index (χ1) is 11.5. The number of hydrogen-bond acceptors (Lipinski definition) is 4. The number of ketones is 1. The number of nitrogens with zero attached hydrogens (tertiary/aromatic N) is 2.